The maximum absolute atomic E-state index is 9.15. The maximum atomic E-state index is 9.15. The molecule has 0 unspecified atom stereocenters. The molecule has 0 amide bonds. The van der Waals surface area contributed by atoms with Gasteiger partial charge in [-0.25, -0.2) is 0 Å². The van der Waals surface area contributed by atoms with Gasteiger partial charge in [-0.2, -0.15) is 5.26 Å². The highest BCUT2D eigenvalue weighted by Gasteiger charge is 2.27. The Morgan fingerprint density at radius 2 is 2.18 bits per heavy atom. The molecule has 1 heterocycles. The van der Waals surface area contributed by atoms with E-state index in [-0.39, 0.29) is 0 Å². The molecule has 0 atom stereocenters. The van der Waals surface area contributed by atoms with Crippen LogP contribution >= 0.6 is 11.6 Å². The maximum Gasteiger partial charge on any atom is 0.101 e. The summed E-state index contributed by atoms with van der Waals surface area (Å²) in [5.41, 5.74) is 2.01. The van der Waals surface area contributed by atoms with Crippen molar-refractivity contribution in [1.29, 1.82) is 5.26 Å². The fourth-order valence-corrected chi connectivity index (χ4v) is 2.66. The second kappa shape index (κ2) is 4.58. The van der Waals surface area contributed by atoms with E-state index in [9.17, 15) is 0 Å². The first-order chi connectivity index (χ1) is 8.02. The van der Waals surface area contributed by atoms with Crippen molar-refractivity contribution in [3.8, 4) is 6.07 Å². The molecular weight excluding hydrogens is 232 g/mol. The Labute approximate surface area is 108 Å². The molecule has 0 spiro atoms. The van der Waals surface area contributed by atoms with Crippen LogP contribution in [0, 0.1) is 16.7 Å². The van der Waals surface area contributed by atoms with Crippen LogP contribution in [0.1, 0.15) is 32.3 Å². The van der Waals surface area contributed by atoms with Gasteiger partial charge < -0.3 is 4.90 Å². The molecule has 17 heavy (non-hydrogen) atoms. The summed E-state index contributed by atoms with van der Waals surface area (Å²) in [6.07, 6.45) is 2.41. The number of nitriles is 1. The number of hydrogen-bond acceptors (Lipinski definition) is 2. The van der Waals surface area contributed by atoms with Crippen LogP contribution < -0.4 is 4.90 Å². The Balaban J connectivity index is 2.33. The SMILES string of the molecule is CC1(C)CCCN(c2cc(Cl)ccc2C#N)C1. The first kappa shape index (κ1) is 12.3. The standard InChI is InChI=1S/C14H17ClN2/c1-14(2)6-3-7-17(10-14)13-8-12(15)5-4-11(13)9-16/h4-5,8H,3,6-7,10H2,1-2H3. The number of benzene rings is 1. The van der Waals surface area contributed by atoms with Crippen molar-refractivity contribution in [3.63, 3.8) is 0 Å². The summed E-state index contributed by atoms with van der Waals surface area (Å²) in [7, 11) is 0. The van der Waals surface area contributed by atoms with Crippen molar-refractivity contribution in [3.05, 3.63) is 28.8 Å². The quantitative estimate of drug-likeness (QED) is 0.755. The summed E-state index contributed by atoms with van der Waals surface area (Å²) < 4.78 is 0. The summed E-state index contributed by atoms with van der Waals surface area (Å²) in [6.45, 7) is 6.55. The van der Waals surface area contributed by atoms with Gasteiger partial charge in [0.1, 0.15) is 6.07 Å². The molecule has 2 rings (SSSR count). The summed E-state index contributed by atoms with van der Waals surface area (Å²) in [5.74, 6) is 0. The van der Waals surface area contributed by atoms with E-state index in [4.69, 9.17) is 16.9 Å². The van der Waals surface area contributed by atoms with Gasteiger partial charge in [-0.3, -0.25) is 0 Å². The Bertz CT molecular complexity index is 460. The predicted molar refractivity (Wildman–Crippen MR) is 71.4 cm³/mol. The largest absolute Gasteiger partial charge is 0.370 e. The average molecular weight is 249 g/mol. The molecule has 0 radical (unpaired) electrons. The molecule has 1 aliphatic heterocycles. The third-order valence-electron chi connectivity index (χ3n) is 3.32. The van der Waals surface area contributed by atoms with Crippen LogP contribution in [0.5, 0.6) is 0 Å². The highest BCUT2D eigenvalue weighted by atomic mass is 35.5. The van der Waals surface area contributed by atoms with Gasteiger partial charge in [0.25, 0.3) is 0 Å². The Hall–Kier alpha value is -1.20. The lowest BCUT2D eigenvalue weighted by molar-refractivity contribution is 0.293. The molecule has 1 saturated heterocycles. The number of hydrogen-bond donors (Lipinski definition) is 0. The molecule has 1 aromatic carbocycles. The molecule has 0 aliphatic carbocycles. The molecule has 0 bridgehead atoms. The normalized spacial score (nSPS) is 18.8. The van der Waals surface area contributed by atoms with Gasteiger partial charge >= 0.3 is 0 Å². The summed E-state index contributed by atoms with van der Waals surface area (Å²) >= 11 is 6.03. The minimum absolute atomic E-state index is 0.313. The molecule has 1 aromatic rings. The van der Waals surface area contributed by atoms with Gasteiger partial charge in [0, 0.05) is 18.1 Å². The third kappa shape index (κ3) is 2.73. The Morgan fingerprint density at radius 1 is 1.41 bits per heavy atom. The number of halogens is 1. The van der Waals surface area contributed by atoms with Gasteiger partial charge in [-0.15, -0.1) is 0 Å². The van der Waals surface area contributed by atoms with Gasteiger partial charge in [0.2, 0.25) is 0 Å². The Kier molecular flexibility index (Phi) is 3.31. The van der Waals surface area contributed by atoms with Gasteiger partial charge in [0.15, 0.2) is 0 Å². The molecule has 90 valence electrons. The molecule has 0 N–H and O–H groups in total. The van der Waals surface area contributed by atoms with E-state index in [0.717, 1.165) is 18.8 Å². The van der Waals surface area contributed by atoms with Gasteiger partial charge in [-0.05, 0) is 36.5 Å². The van der Waals surface area contributed by atoms with E-state index >= 15 is 0 Å². The molecule has 0 aromatic heterocycles. The minimum Gasteiger partial charge on any atom is -0.370 e. The molecule has 1 fully saturated rings. The van der Waals surface area contributed by atoms with Crippen LogP contribution in [0.15, 0.2) is 18.2 Å². The fraction of sp³-hybridized carbons (Fsp3) is 0.500. The molecule has 1 aliphatic rings. The van der Waals surface area contributed by atoms with E-state index < -0.39 is 0 Å². The van der Waals surface area contributed by atoms with Gasteiger partial charge in [0.05, 0.1) is 11.3 Å². The van der Waals surface area contributed by atoms with Crippen LogP contribution in [0.25, 0.3) is 0 Å². The second-order valence-electron chi connectivity index (χ2n) is 5.46. The van der Waals surface area contributed by atoms with Gasteiger partial charge in [-0.1, -0.05) is 25.4 Å². The smallest absolute Gasteiger partial charge is 0.101 e. The number of piperidine rings is 1. The highest BCUT2D eigenvalue weighted by Crippen LogP contribution is 2.33. The highest BCUT2D eigenvalue weighted by molar-refractivity contribution is 6.30. The second-order valence-corrected chi connectivity index (χ2v) is 5.90. The van der Waals surface area contributed by atoms with Crippen molar-refractivity contribution in [2.75, 3.05) is 18.0 Å². The van der Waals surface area contributed by atoms with Crippen LogP contribution in [-0.2, 0) is 0 Å². The van der Waals surface area contributed by atoms with E-state index in [1.807, 2.05) is 6.07 Å². The lowest BCUT2D eigenvalue weighted by atomic mass is 9.84. The summed E-state index contributed by atoms with van der Waals surface area (Å²) in [4.78, 5) is 2.29. The lowest BCUT2D eigenvalue weighted by Crippen LogP contribution is -2.40. The first-order valence-corrected chi connectivity index (χ1v) is 6.34. The number of rotatable bonds is 1. The first-order valence-electron chi connectivity index (χ1n) is 5.96. The molecule has 3 heteroatoms. The molecule has 0 saturated carbocycles. The van der Waals surface area contributed by atoms with Crippen LogP contribution in [0.4, 0.5) is 5.69 Å². The van der Waals surface area contributed by atoms with E-state index in [0.29, 0.717) is 16.0 Å². The van der Waals surface area contributed by atoms with E-state index in [1.165, 1.54) is 12.8 Å². The number of nitrogens with zero attached hydrogens (tertiary/aromatic N) is 2. The summed E-state index contributed by atoms with van der Waals surface area (Å²) in [5, 5.41) is 9.85. The van der Waals surface area contributed by atoms with E-state index in [1.54, 1.807) is 12.1 Å². The monoisotopic (exact) mass is 248 g/mol. The summed E-state index contributed by atoms with van der Waals surface area (Å²) in [6, 6.07) is 7.73. The zero-order chi connectivity index (χ0) is 12.5. The number of anilines is 1. The van der Waals surface area contributed by atoms with Crippen molar-refractivity contribution in [1.82, 2.24) is 0 Å². The minimum atomic E-state index is 0.313. The average Bonchev–Trinajstić information content (AvgIpc) is 2.27. The predicted octanol–water partition coefficient (Wildman–Crippen LogP) is 3.84. The topological polar surface area (TPSA) is 27.0 Å². The van der Waals surface area contributed by atoms with Crippen LogP contribution in [0.2, 0.25) is 5.02 Å². The zero-order valence-electron chi connectivity index (χ0n) is 10.3. The van der Waals surface area contributed by atoms with E-state index in [2.05, 4.69) is 24.8 Å². The van der Waals surface area contributed by atoms with Crippen molar-refractivity contribution in [2.24, 2.45) is 5.41 Å². The Morgan fingerprint density at radius 3 is 2.82 bits per heavy atom. The van der Waals surface area contributed by atoms with Crippen LogP contribution in [0.3, 0.4) is 0 Å². The lowest BCUT2D eigenvalue weighted by Gasteiger charge is -2.39. The third-order valence-corrected chi connectivity index (χ3v) is 3.56. The van der Waals surface area contributed by atoms with Crippen LogP contribution in [-0.4, -0.2) is 13.1 Å². The molecule has 2 nitrogen and oxygen atoms in total. The fourth-order valence-electron chi connectivity index (χ4n) is 2.49. The molecular formula is C14H17ClN2. The van der Waals surface area contributed by atoms with Crippen molar-refractivity contribution < 1.29 is 0 Å². The zero-order valence-corrected chi connectivity index (χ0v) is 11.1. The van der Waals surface area contributed by atoms with Crippen molar-refractivity contribution >= 4 is 17.3 Å². The van der Waals surface area contributed by atoms with Crippen molar-refractivity contribution in [2.45, 2.75) is 26.7 Å².